The van der Waals surface area contributed by atoms with Gasteiger partial charge in [0.1, 0.15) is 24.9 Å². The number of benzene rings is 3. The second-order valence-electron chi connectivity index (χ2n) is 15.1. The first kappa shape index (κ1) is 45.3. The number of unbranched alkanes of at least 4 members (excludes halogenated alkanes) is 11. The number of allylic oxidation sites excluding steroid dienone is 2. The summed E-state index contributed by atoms with van der Waals surface area (Å²) in [6.07, 6.45) is 19.0. The largest absolute Gasteiger partial charge is 0.756 e. The number of carbonyl (C=O) groups is 1. The van der Waals surface area contributed by atoms with Crippen LogP contribution in [0, 0.1) is 0 Å². The number of carbonyl (C=O) groups excluding carboxylic acids is 1. The van der Waals surface area contributed by atoms with E-state index >= 15 is 0 Å². The second kappa shape index (κ2) is 25.1. The third-order valence-electron chi connectivity index (χ3n) is 9.40. The molecule has 0 fully saturated rings. The normalized spacial score (nSPS) is 13.9. The molecule has 3 rings (SSSR count). The SMILES string of the molecule is CCCCCCCCC=CCCCCCCCC(=O)OC(COC(c1ccccc1)(c1ccccc1)c1ccccc1)COP(=O)([O-])OCC[N+](C)(C)C. The van der Waals surface area contributed by atoms with Gasteiger partial charge in [-0.1, -0.05) is 161 Å². The van der Waals surface area contributed by atoms with E-state index in [-0.39, 0.29) is 19.6 Å². The molecule has 3 aromatic rings. The van der Waals surface area contributed by atoms with E-state index in [1.165, 1.54) is 44.9 Å². The van der Waals surface area contributed by atoms with Gasteiger partial charge in [0.15, 0.2) is 0 Å². The summed E-state index contributed by atoms with van der Waals surface area (Å²) in [6, 6.07) is 29.5. The Morgan fingerprint density at radius 2 is 1.15 bits per heavy atom. The molecule has 0 amide bonds. The maximum atomic E-state index is 13.2. The van der Waals surface area contributed by atoms with Crippen molar-refractivity contribution in [2.24, 2.45) is 0 Å². The molecule has 0 N–H and O–H groups in total. The number of ether oxygens (including phenoxy) is 2. The molecule has 54 heavy (non-hydrogen) atoms. The van der Waals surface area contributed by atoms with Crippen molar-refractivity contribution in [3.63, 3.8) is 0 Å². The lowest BCUT2D eigenvalue weighted by Crippen LogP contribution is -2.39. The molecule has 0 radical (unpaired) electrons. The molecule has 0 spiro atoms. The van der Waals surface area contributed by atoms with Crippen LogP contribution in [0.1, 0.15) is 114 Å². The zero-order valence-electron chi connectivity index (χ0n) is 33.4. The van der Waals surface area contributed by atoms with Gasteiger partial charge in [0.2, 0.25) is 0 Å². The lowest BCUT2D eigenvalue weighted by molar-refractivity contribution is -0.870. The summed E-state index contributed by atoms with van der Waals surface area (Å²) in [7, 11) is 1.16. The summed E-state index contributed by atoms with van der Waals surface area (Å²) in [5, 5.41) is 0. The molecule has 0 aliphatic carbocycles. The van der Waals surface area contributed by atoms with E-state index in [9.17, 15) is 14.3 Å². The van der Waals surface area contributed by atoms with Crippen molar-refractivity contribution in [1.29, 1.82) is 0 Å². The van der Waals surface area contributed by atoms with Gasteiger partial charge in [-0.05, 0) is 48.8 Å². The lowest BCUT2D eigenvalue weighted by atomic mass is 9.80. The highest BCUT2D eigenvalue weighted by Crippen LogP contribution is 2.42. The molecule has 0 aliphatic rings. The first-order valence-electron chi connectivity index (χ1n) is 20.1. The number of likely N-dealkylation sites (N-methyl/N-ethyl adjacent to an activating group) is 1. The molecule has 0 heterocycles. The Bertz CT molecular complexity index is 1400. The maximum Gasteiger partial charge on any atom is 0.306 e. The molecule has 0 saturated carbocycles. The van der Waals surface area contributed by atoms with E-state index in [1.54, 1.807) is 0 Å². The molecule has 2 unspecified atom stereocenters. The van der Waals surface area contributed by atoms with Gasteiger partial charge >= 0.3 is 5.97 Å². The Kier molecular flexibility index (Phi) is 21.1. The molecule has 3 aromatic carbocycles. The Hall–Kier alpha value is -3.10. The molecule has 0 aliphatic heterocycles. The Balaban J connectivity index is 1.62. The molecule has 2 atom stereocenters. The van der Waals surface area contributed by atoms with Crippen LogP contribution in [0.3, 0.4) is 0 Å². The maximum absolute atomic E-state index is 13.2. The smallest absolute Gasteiger partial charge is 0.306 e. The summed E-state index contributed by atoms with van der Waals surface area (Å²) in [5.41, 5.74) is 1.54. The minimum Gasteiger partial charge on any atom is -0.756 e. The number of hydrogen-bond donors (Lipinski definition) is 0. The number of phosphoric ester groups is 1. The summed E-state index contributed by atoms with van der Waals surface area (Å²) in [4.78, 5) is 26.0. The van der Waals surface area contributed by atoms with Crippen LogP contribution in [0.15, 0.2) is 103 Å². The van der Waals surface area contributed by atoms with Gasteiger partial charge in [0, 0.05) is 6.42 Å². The monoisotopic (exact) mass is 763 g/mol. The van der Waals surface area contributed by atoms with Gasteiger partial charge in [-0.25, -0.2) is 0 Å². The predicted octanol–water partition coefficient (Wildman–Crippen LogP) is 10.2. The topological polar surface area (TPSA) is 94.1 Å². The number of rotatable bonds is 29. The molecule has 0 bridgehead atoms. The lowest BCUT2D eigenvalue weighted by Gasteiger charge is -2.37. The number of quaternary nitrogens is 1. The number of phosphoric acid groups is 1. The Labute approximate surface area is 326 Å². The van der Waals surface area contributed by atoms with E-state index in [2.05, 4.69) is 19.1 Å². The highest BCUT2D eigenvalue weighted by molar-refractivity contribution is 7.45. The molecule has 0 saturated heterocycles. The highest BCUT2D eigenvalue weighted by Gasteiger charge is 2.38. The third kappa shape index (κ3) is 17.6. The second-order valence-corrected chi connectivity index (χ2v) is 16.5. The van der Waals surface area contributed by atoms with Crippen LogP contribution in [0.5, 0.6) is 0 Å². The molecule has 298 valence electrons. The van der Waals surface area contributed by atoms with E-state index in [0.717, 1.165) is 48.8 Å². The van der Waals surface area contributed by atoms with Crippen molar-refractivity contribution in [1.82, 2.24) is 0 Å². The van der Waals surface area contributed by atoms with Crippen molar-refractivity contribution in [3.8, 4) is 0 Å². The molecule has 8 nitrogen and oxygen atoms in total. The minimum absolute atomic E-state index is 0.0279. The summed E-state index contributed by atoms with van der Waals surface area (Å²) < 4.78 is 36.6. The summed E-state index contributed by atoms with van der Waals surface area (Å²) >= 11 is 0. The van der Waals surface area contributed by atoms with Crippen LogP contribution in [0.25, 0.3) is 0 Å². The van der Waals surface area contributed by atoms with E-state index < -0.39 is 32.1 Å². The number of esters is 1. The first-order chi connectivity index (χ1) is 26.1. The Morgan fingerprint density at radius 3 is 1.63 bits per heavy atom. The summed E-state index contributed by atoms with van der Waals surface area (Å²) in [5.74, 6) is -0.416. The van der Waals surface area contributed by atoms with Gasteiger partial charge in [-0.15, -0.1) is 0 Å². The average molecular weight is 764 g/mol. The van der Waals surface area contributed by atoms with Crippen molar-refractivity contribution in [2.45, 2.75) is 109 Å². The quantitative estimate of drug-likeness (QED) is 0.0174. The molecular weight excluding hydrogens is 697 g/mol. The first-order valence-corrected chi connectivity index (χ1v) is 21.6. The number of hydrogen-bond acceptors (Lipinski definition) is 7. The molecule has 9 heteroatoms. The van der Waals surface area contributed by atoms with Crippen LogP contribution in [-0.4, -0.2) is 64.1 Å². The van der Waals surface area contributed by atoms with E-state index in [0.29, 0.717) is 17.4 Å². The van der Waals surface area contributed by atoms with Gasteiger partial charge in [0.25, 0.3) is 7.82 Å². The van der Waals surface area contributed by atoms with Crippen molar-refractivity contribution in [3.05, 3.63) is 120 Å². The van der Waals surface area contributed by atoms with Crippen LogP contribution in [0.4, 0.5) is 0 Å². The van der Waals surface area contributed by atoms with E-state index in [1.807, 2.05) is 112 Å². The zero-order valence-corrected chi connectivity index (χ0v) is 34.3. The van der Waals surface area contributed by atoms with Crippen LogP contribution >= 0.6 is 7.82 Å². The fraction of sp³-hybridized carbons (Fsp3) is 0.533. The average Bonchev–Trinajstić information content (AvgIpc) is 3.16. The fourth-order valence-electron chi connectivity index (χ4n) is 6.33. The predicted molar refractivity (Wildman–Crippen MR) is 217 cm³/mol. The van der Waals surface area contributed by atoms with Crippen molar-refractivity contribution in [2.75, 3.05) is 47.5 Å². The Morgan fingerprint density at radius 1 is 0.685 bits per heavy atom. The zero-order chi connectivity index (χ0) is 39.0. The van der Waals surface area contributed by atoms with E-state index in [4.69, 9.17) is 18.5 Å². The highest BCUT2D eigenvalue weighted by atomic mass is 31.2. The van der Waals surface area contributed by atoms with Gasteiger partial charge in [-0.3, -0.25) is 9.36 Å². The summed E-state index contributed by atoms with van der Waals surface area (Å²) in [6.45, 7) is 2.13. The van der Waals surface area contributed by atoms with Crippen molar-refractivity contribution >= 4 is 13.8 Å². The third-order valence-corrected chi connectivity index (χ3v) is 10.4. The van der Waals surface area contributed by atoms with Gasteiger partial charge in [0.05, 0.1) is 34.4 Å². The molecular formula is C45H66NO7P. The minimum atomic E-state index is -4.68. The van der Waals surface area contributed by atoms with Crippen molar-refractivity contribution < 1.29 is 37.3 Å². The van der Waals surface area contributed by atoms with Crippen LogP contribution in [0.2, 0.25) is 0 Å². The standard InChI is InChI=1S/C45H66NO7P/c1-5-6-7-8-9-10-11-12-13-14-15-16-17-18-28-35-44(47)53-43(39-52-54(48,49)51-37-36-46(2,3)4)38-50-45(40-29-22-19-23-30-40,41-31-24-20-25-32-41)42-33-26-21-27-34-42/h12-13,19-27,29-34,43H,5-11,14-18,28,35-39H2,1-4H3. The van der Waals surface area contributed by atoms with Gasteiger partial charge < -0.3 is 27.9 Å². The van der Waals surface area contributed by atoms with Crippen LogP contribution in [-0.2, 0) is 33.5 Å². The van der Waals surface area contributed by atoms with Gasteiger partial charge in [-0.2, -0.15) is 0 Å². The van der Waals surface area contributed by atoms with Crippen LogP contribution < -0.4 is 4.89 Å². The fourth-order valence-corrected chi connectivity index (χ4v) is 7.05. The number of nitrogens with zero attached hydrogens (tertiary/aromatic N) is 1. The molecule has 0 aromatic heterocycles.